The quantitative estimate of drug-likeness (QED) is 0.807. The molecule has 0 aromatic heterocycles. The Balaban J connectivity index is 1.86. The van der Waals surface area contributed by atoms with E-state index in [-0.39, 0.29) is 5.78 Å². The summed E-state index contributed by atoms with van der Waals surface area (Å²) in [7, 11) is 2.16. The Morgan fingerprint density at radius 1 is 0.917 bits per heavy atom. The second kappa shape index (κ2) is 7.29. The Labute approximate surface area is 144 Å². The van der Waals surface area contributed by atoms with Crippen LogP contribution in [0.1, 0.15) is 32.6 Å². The van der Waals surface area contributed by atoms with Crippen LogP contribution >= 0.6 is 0 Å². The maximum atomic E-state index is 13.1. The molecule has 2 aromatic rings. The third-order valence-corrected chi connectivity index (χ3v) is 5.10. The third-order valence-electron chi connectivity index (χ3n) is 5.10. The van der Waals surface area contributed by atoms with Crippen LogP contribution in [-0.2, 0) is 6.54 Å². The minimum atomic E-state index is 0.140. The number of ketones is 1. The normalized spacial score (nSPS) is 16.3. The molecule has 2 aromatic carbocycles. The average Bonchev–Trinajstić information content (AvgIpc) is 2.59. The molecular formula is C21H26N2O. The SMILES string of the molecule is Cc1cccc(C(=O)c2ccccc2CN2CCN(C)CC2)c1C. The molecular weight excluding hydrogens is 296 g/mol. The summed E-state index contributed by atoms with van der Waals surface area (Å²) >= 11 is 0. The van der Waals surface area contributed by atoms with Gasteiger partial charge in [-0.3, -0.25) is 9.69 Å². The third kappa shape index (κ3) is 3.58. The lowest BCUT2D eigenvalue weighted by Gasteiger charge is -2.32. The lowest BCUT2D eigenvalue weighted by atomic mass is 9.93. The summed E-state index contributed by atoms with van der Waals surface area (Å²) in [4.78, 5) is 17.9. The van der Waals surface area contributed by atoms with Gasteiger partial charge in [0.15, 0.2) is 5.78 Å². The Morgan fingerprint density at radius 3 is 2.33 bits per heavy atom. The van der Waals surface area contributed by atoms with Crippen molar-refractivity contribution in [2.24, 2.45) is 0 Å². The molecule has 0 N–H and O–H groups in total. The van der Waals surface area contributed by atoms with Gasteiger partial charge in [-0.05, 0) is 37.6 Å². The van der Waals surface area contributed by atoms with Gasteiger partial charge in [0.1, 0.15) is 0 Å². The fraction of sp³-hybridized carbons (Fsp3) is 0.381. The lowest BCUT2D eigenvalue weighted by molar-refractivity contribution is 0.103. The van der Waals surface area contributed by atoms with E-state index in [4.69, 9.17) is 0 Å². The van der Waals surface area contributed by atoms with Crippen molar-refractivity contribution in [3.63, 3.8) is 0 Å². The molecule has 24 heavy (non-hydrogen) atoms. The van der Waals surface area contributed by atoms with E-state index in [1.807, 2.05) is 37.3 Å². The number of carbonyl (C=O) groups excluding carboxylic acids is 1. The standard InChI is InChI=1S/C21H26N2O/c1-16-7-6-10-19(17(16)2)21(24)20-9-5-4-8-18(20)15-23-13-11-22(3)12-14-23/h4-10H,11-15H2,1-3H3. The molecule has 0 atom stereocenters. The first-order chi connectivity index (χ1) is 11.6. The highest BCUT2D eigenvalue weighted by molar-refractivity contribution is 6.10. The van der Waals surface area contributed by atoms with Crippen LogP contribution in [-0.4, -0.2) is 48.8 Å². The fourth-order valence-electron chi connectivity index (χ4n) is 3.27. The van der Waals surface area contributed by atoms with E-state index >= 15 is 0 Å². The smallest absolute Gasteiger partial charge is 0.193 e. The van der Waals surface area contributed by atoms with Crippen LogP contribution in [0.15, 0.2) is 42.5 Å². The van der Waals surface area contributed by atoms with Crippen LogP contribution in [0.25, 0.3) is 0 Å². The maximum Gasteiger partial charge on any atom is 0.193 e. The lowest BCUT2D eigenvalue weighted by Crippen LogP contribution is -2.44. The molecule has 0 spiro atoms. The summed E-state index contributed by atoms with van der Waals surface area (Å²) in [5.74, 6) is 0.140. The monoisotopic (exact) mass is 322 g/mol. The van der Waals surface area contributed by atoms with E-state index < -0.39 is 0 Å². The highest BCUT2D eigenvalue weighted by Gasteiger charge is 2.19. The van der Waals surface area contributed by atoms with Crippen molar-refractivity contribution in [1.29, 1.82) is 0 Å². The first kappa shape index (κ1) is 16.9. The summed E-state index contributed by atoms with van der Waals surface area (Å²) in [6.07, 6.45) is 0. The molecule has 0 saturated carbocycles. The first-order valence-corrected chi connectivity index (χ1v) is 8.66. The summed E-state index contributed by atoms with van der Waals surface area (Å²) in [6.45, 7) is 9.24. The zero-order valence-corrected chi connectivity index (χ0v) is 14.9. The molecule has 3 nitrogen and oxygen atoms in total. The Hall–Kier alpha value is -1.97. The summed E-state index contributed by atoms with van der Waals surface area (Å²) in [6, 6.07) is 14.0. The van der Waals surface area contributed by atoms with Crippen LogP contribution in [0.2, 0.25) is 0 Å². The molecule has 1 saturated heterocycles. The number of hydrogen-bond donors (Lipinski definition) is 0. The van der Waals surface area contributed by atoms with Crippen LogP contribution in [0.5, 0.6) is 0 Å². The number of piperazine rings is 1. The molecule has 126 valence electrons. The highest BCUT2D eigenvalue weighted by Crippen LogP contribution is 2.21. The molecule has 0 aliphatic carbocycles. The molecule has 1 aliphatic heterocycles. The largest absolute Gasteiger partial charge is 0.304 e. The van der Waals surface area contributed by atoms with Gasteiger partial charge in [-0.2, -0.15) is 0 Å². The van der Waals surface area contributed by atoms with Gasteiger partial charge in [-0.25, -0.2) is 0 Å². The van der Waals surface area contributed by atoms with E-state index in [1.54, 1.807) is 0 Å². The topological polar surface area (TPSA) is 23.6 Å². The number of rotatable bonds is 4. The molecule has 1 heterocycles. The second-order valence-corrected chi connectivity index (χ2v) is 6.81. The van der Waals surface area contributed by atoms with Crippen LogP contribution in [0.3, 0.4) is 0 Å². The van der Waals surface area contributed by atoms with E-state index in [9.17, 15) is 4.79 Å². The van der Waals surface area contributed by atoms with Crippen molar-refractivity contribution >= 4 is 5.78 Å². The van der Waals surface area contributed by atoms with Gasteiger partial charge in [0.05, 0.1) is 0 Å². The number of likely N-dealkylation sites (N-methyl/N-ethyl adjacent to an activating group) is 1. The number of benzene rings is 2. The number of aryl methyl sites for hydroxylation is 1. The zero-order chi connectivity index (χ0) is 17.1. The van der Waals surface area contributed by atoms with Crippen molar-refractivity contribution in [2.45, 2.75) is 20.4 Å². The molecule has 0 radical (unpaired) electrons. The van der Waals surface area contributed by atoms with Crippen molar-refractivity contribution in [2.75, 3.05) is 33.2 Å². The highest BCUT2D eigenvalue weighted by atomic mass is 16.1. The second-order valence-electron chi connectivity index (χ2n) is 6.81. The zero-order valence-electron chi connectivity index (χ0n) is 14.9. The number of carbonyl (C=O) groups is 1. The van der Waals surface area contributed by atoms with Crippen molar-refractivity contribution in [1.82, 2.24) is 9.80 Å². The predicted octanol–water partition coefficient (Wildman–Crippen LogP) is 3.28. The van der Waals surface area contributed by atoms with Gasteiger partial charge in [-0.1, -0.05) is 42.5 Å². The molecule has 1 fully saturated rings. The van der Waals surface area contributed by atoms with Gasteiger partial charge >= 0.3 is 0 Å². The van der Waals surface area contributed by atoms with Crippen molar-refractivity contribution in [3.8, 4) is 0 Å². The van der Waals surface area contributed by atoms with E-state index in [0.29, 0.717) is 0 Å². The molecule has 0 amide bonds. The molecule has 3 rings (SSSR count). The predicted molar refractivity (Wildman–Crippen MR) is 98.6 cm³/mol. The van der Waals surface area contributed by atoms with E-state index in [1.165, 1.54) is 0 Å². The van der Waals surface area contributed by atoms with Gasteiger partial charge < -0.3 is 4.90 Å². The van der Waals surface area contributed by atoms with Gasteiger partial charge in [0.2, 0.25) is 0 Å². The maximum absolute atomic E-state index is 13.1. The molecule has 0 bridgehead atoms. The average molecular weight is 322 g/mol. The van der Waals surface area contributed by atoms with Crippen molar-refractivity contribution < 1.29 is 4.79 Å². The van der Waals surface area contributed by atoms with Gasteiger partial charge in [-0.15, -0.1) is 0 Å². The molecule has 0 unspecified atom stereocenters. The summed E-state index contributed by atoms with van der Waals surface area (Å²) in [5, 5.41) is 0. The van der Waals surface area contributed by atoms with Crippen LogP contribution in [0.4, 0.5) is 0 Å². The Morgan fingerprint density at radius 2 is 1.58 bits per heavy atom. The number of hydrogen-bond acceptors (Lipinski definition) is 3. The van der Waals surface area contributed by atoms with Gasteiger partial charge in [0, 0.05) is 43.9 Å². The first-order valence-electron chi connectivity index (χ1n) is 8.66. The molecule has 1 aliphatic rings. The van der Waals surface area contributed by atoms with Crippen molar-refractivity contribution in [3.05, 3.63) is 70.3 Å². The Kier molecular flexibility index (Phi) is 5.12. The minimum Gasteiger partial charge on any atom is -0.304 e. The summed E-state index contributed by atoms with van der Waals surface area (Å²) in [5.41, 5.74) is 5.04. The van der Waals surface area contributed by atoms with Crippen LogP contribution < -0.4 is 0 Å². The Bertz CT molecular complexity index is 730. The van der Waals surface area contributed by atoms with E-state index in [0.717, 1.165) is 60.5 Å². The fourth-order valence-corrected chi connectivity index (χ4v) is 3.27. The van der Waals surface area contributed by atoms with Gasteiger partial charge in [0.25, 0.3) is 0 Å². The summed E-state index contributed by atoms with van der Waals surface area (Å²) < 4.78 is 0. The minimum absolute atomic E-state index is 0.140. The van der Waals surface area contributed by atoms with Crippen LogP contribution in [0, 0.1) is 13.8 Å². The molecule has 3 heteroatoms. The van der Waals surface area contributed by atoms with E-state index in [2.05, 4.69) is 35.9 Å². The number of nitrogens with zero attached hydrogens (tertiary/aromatic N) is 2.